The highest BCUT2D eigenvalue weighted by Crippen LogP contribution is 2.34. The Morgan fingerprint density at radius 2 is 2.35 bits per heavy atom. The number of hydrogen-bond donors (Lipinski definition) is 0. The summed E-state index contributed by atoms with van der Waals surface area (Å²) in [7, 11) is 1.44. The number of carbonyl (C=O) groups excluding carboxylic acids is 1. The fraction of sp³-hybridized carbons (Fsp3) is 0.538. The van der Waals surface area contributed by atoms with E-state index in [2.05, 4.69) is 15.1 Å². The maximum Gasteiger partial charge on any atom is 0.309 e. The van der Waals surface area contributed by atoms with E-state index in [0.717, 1.165) is 24.6 Å². The molecule has 20 heavy (non-hydrogen) atoms. The van der Waals surface area contributed by atoms with E-state index >= 15 is 0 Å². The van der Waals surface area contributed by atoms with Gasteiger partial charge in [0.05, 0.1) is 24.6 Å². The molecule has 0 amide bonds. The molecule has 2 aromatic heterocycles. The lowest BCUT2D eigenvalue weighted by Crippen LogP contribution is -2.24. The lowest BCUT2D eigenvalue weighted by Gasteiger charge is -2.17. The van der Waals surface area contributed by atoms with Crippen molar-refractivity contribution in [2.24, 2.45) is 11.8 Å². The Balaban J connectivity index is 1.85. The van der Waals surface area contributed by atoms with Crippen LogP contribution >= 0.6 is 11.6 Å². The zero-order valence-corrected chi connectivity index (χ0v) is 11.9. The second kappa shape index (κ2) is 5.36. The molecule has 2 heterocycles. The molecule has 1 saturated carbocycles. The third-order valence-electron chi connectivity index (χ3n) is 3.92. The van der Waals surface area contributed by atoms with Crippen LogP contribution in [0.2, 0.25) is 5.28 Å². The van der Waals surface area contributed by atoms with E-state index in [-0.39, 0.29) is 23.1 Å². The van der Waals surface area contributed by atoms with E-state index in [4.69, 9.17) is 16.3 Å². The van der Waals surface area contributed by atoms with Crippen LogP contribution in [0.4, 0.5) is 0 Å². The van der Waals surface area contributed by atoms with Crippen molar-refractivity contribution in [3.63, 3.8) is 0 Å². The average Bonchev–Trinajstić information content (AvgIpc) is 3.06. The van der Waals surface area contributed by atoms with Crippen molar-refractivity contribution >= 4 is 28.6 Å². The van der Waals surface area contributed by atoms with Gasteiger partial charge in [0.15, 0.2) is 5.65 Å². The highest BCUT2D eigenvalue weighted by molar-refractivity contribution is 6.28. The van der Waals surface area contributed by atoms with Crippen molar-refractivity contribution < 1.29 is 9.53 Å². The lowest BCUT2D eigenvalue weighted by atomic mass is 9.96. The maximum absolute atomic E-state index is 11.8. The summed E-state index contributed by atoms with van der Waals surface area (Å²) in [5, 5.41) is 5.38. The van der Waals surface area contributed by atoms with Crippen LogP contribution in [0.25, 0.3) is 11.0 Å². The van der Waals surface area contributed by atoms with E-state index in [1.165, 1.54) is 7.11 Å². The van der Waals surface area contributed by atoms with Crippen LogP contribution in [0.15, 0.2) is 12.4 Å². The first-order valence-corrected chi connectivity index (χ1v) is 6.98. The van der Waals surface area contributed by atoms with E-state index in [1.54, 1.807) is 17.1 Å². The number of rotatable bonds is 3. The lowest BCUT2D eigenvalue weighted by molar-refractivity contribution is -0.146. The largest absolute Gasteiger partial charge is 0.469 e. The molecule has 2 unspecified atom stereocenters. The number of carbonyl (C=O) groups is 1. The van der Waals surface area contributed by atoms with Crippen molar-refractivity contribution in [3.05, 3.63) is 17.7 Å². The van der Waals surface area contributed by atoms with E-state index < -0.39 is 0 Å². The predicted octanol–water partition coefficient (Wildman–Crippen LogP) is 2.07. The number of hydrogen-bond acceptors (Lipinski definition) is 5. The number of ether oxygens (including phenoxy) is 1. The van der Waals surface area contributed by atoms with Gasteiger partial charge in [-0.05, 0) is 30.4 Å². The minimum atomic E-state index is -0.128. The molecule has 6 nitrogen and oxygen atoms in total. The van der Waals surface area contributed by atoms with Crippen molar-refractivity contribution in [2.75, 3.05) is 7.11 Å². The van der Waals surface area contributed by atoms with Gasteiger partial charge in [-0.25, -0.2) is 9.67 Å². The second-order valence-electron chi connectivity index (χ2n) is 5.07. The van der Waals surface area contributed by atoms with Crippen molar-refractivity contribution in [1.82, 2.24) is 19.7 Å². The summed E-state index contributed by atoms with van der Waals surface area (Å²) >= 11 is 5.83. The van der Waals surface area contributed by atoms with Gasteiger partial charge in [-0.2, -0.15) is 10.1 Å². The zero-order chi connectivity index (χ0) is 14.1. The van der Waals surface area contributed by atoms with E-state index in [9.17, 15) is 4.79 Å². The van der Waals surface area contributed by atoms with Crippen LogP contribution < -0.4 is 0 Å². The summed E-state index contributed by atoms with van der Waals surface area (Å²) in [5.74, 6) is 0.0625. The first kappa shape index (κ1) is 13.3. The van der Waals surface area contributed by atoms with Gasteiger partial charge in [0.2, 0.25) is 5.28 Å². The molecule has 2 aromatic rings. The molecule has 0 aliphatic heterocycles. The van der Waals surface area contributed by atoms with Gasteiger partial charge >= 0.3 is 5.97 Å². The fourth-order valence-electron chi connectivity index (χ4n) is 2.92. The van der Waals surface area contributed by atoms with Gasteiger partial charge in [-0.15, -0.1) is 0 Å². The van der Waals surface area contributed by atoms with Crippen LogP contribution in [0.5, 0.6) is 0 Å². The van der Waals surface area contributed by atoms with Crippen LogP contribution in [0.1, 0.15) is 19.3 Å². The first-order valence-electron chi connectivity index (χ1n) is 6.61. The van der Waals surface area contributed by atoms with Crippen LogP contribution in [-0.2, 0) is 16.1 Å². The maximum atomic E-state index is 11.8. The normalized spacial score (nSPS) is 22.3. The smallest absolute Gasteiger partial charge is 0.309 e. The van der Waals surface area contributed by atoms with Crippen LogP contribution in [-0.4, -0.2) is 32.8 Å². The Morgan fingerprint density at radius 3 is 3.15 bits per heavy atom. The van der Waals surface area contributed by atoms with Gasteiger partial charge < -0.3 is 4.74 Å². The monoisotopic (exact) mass is 294 g/mol. The third-order valence-corrected chi connectivity index (χ3v) is 4.10. The number of aromatic nitrogens is 4. The second-order valence-corrected chi connectivity index (χ2v) is 5.40. The van der Waals surface area contributed by atoms with E-state index in [0.29, 0.717) is 12.2 Å². The Kier molecular flexibility index (Phi) is 3.56. The molecule has 1 aliphatic rings. The molecule has 1 aliphatic carbocycles. The molecule has 1 fully saturated rings. The van der Waals surface area contributed by atoms with Gasteiger partial charge in [0.25, 0.3) is 0 Å². The molecular formula is C13H15ClN4O2. The minimum Gasteiger partial charge on any atom is -0.469 e. The molecule has 0 radical (unpaired) electrons. The number of nitrogens with zero attached hydrogens (tertiary/aromatic N) is 4. The van der Waals surface area contributed by atoms with Crippen LogP contribution in [0.3, 0.4) is 0 Å². The van der Waals surface area contributed by atoms with Crippen molar-refractivity contribution in [1.29, 1.82) is 0 Å². The average molecular weight is 295 g/mol. The summed E-state index contributed by atoms with van der Waals surface area (Å²) in [6, 6.07) is 0. The molecule has 3 rings (SSSR count). The predicted molar refractivity (Wildman–Crippen MR) is 73.2 cm³/mol. The van der Waals surface area contributed by atoms with E-state index in [1.807, 2.05) is 0 Å². The van der Waals surface area contributed by atoms with Crippen molar-refractivity contribution in [3.8, 4) is 0 Å². The van der Waals surface area contributed by atoms with Gasteiger partial charge in [0.1, 0.15) is 0 Å². The molecule has 0 N–H and O–H groups in total. The van der Waals surface area contributed by atoms with Crippen LogP contribution in [0, 0.1) is 11.8 Å². The van der Waals surface area contributed by atoms with Gasteiger partial charge in [0, 0.05) is 12.7 Å². The quantitative estimate of drug-likeness (QED) is 0.640. The Labute approximate surface area is 121 Å². The van der Waals surface area contributed by atoms with Gasteiger partial charge in [-0.3, -0.25) is 4.79 Å². The molecular weight excluding hydrogens is 280 g/mol. The Hall–Kier alpha value is -1.69. The summed E-state index contributed by atoms with van der Waals surface area (Å²) in [6.45, 7) is 0.649. The summed E-state index contributed by atoms with van der Waals surface area (Å²) in [4.78, 5) is 19.9. The minimum absolute atomic E-state index is 0.0449. The topological polar surface area (TPSA) is 69.9 Å². The standard InChI is InChI=1S/C13H15ClN4O2/c1-20-12(19)10-4-2-3-8(10)7-18-11-9(6-16-18)5-15-13(14)17-11/h5-6,8,10H,2-4,7H2,1H3. The Morgan fingerprint density at radius 1 is 1.50 bits per heavy atom. The number of methoxy groups -OCH3 is 1. The number of fused-ring (bicyclic) bond motifs is 1. The first-order chi connectivity index (χ1) is 9.69. The molecule has 0 spiro atoms. The van der Waals surface area contributed by atoms with Crippen molar-refractivity contribution in [2.45, 2.75) is 25.8 Å². The number of esters is 1. The molecule has 0 bridgehead atoms. The highest BCUT2D eigenvalue weighted by Gasteiger charge is 2.34. The fourth-order valence-corrected chi connectivity index (χ4v) is 3.05. The molecule has 0 aromatic carbocycles. The number of halogens is 1. The molecule has 7 heteroatoms. The summed E-state index contributed by atoms with van der Waals surface area (Å²) in [6.07, 6.45) is 6.29. The molecule has 106 valence electrons. The van der Waals surface area contributed by atoms with Gasteiger partial charge in [-0.1, -0.05) is 6.42 Å². The zero-order valence-electron chi connectivity index (χ0n) is 11.1. The molecule has 2 atom stereocenters. The Bertz CT molecular complexity index is 642. The highest BCUT2D eigenvalue weighted by atomic mass is 35.5. The SMILES string of the molecule is COC(=O)C1CCCC1Cn1ncc2cnc(Cl)nc21. The third kappa shape index (κ3) is 2.35. The summed E-state index contributed by atoms with van der Waals surface area (Å²) < 4.78 is 6.68. The molecule has 0 saturated heterocycles. The summed E-state index contributed by atoms with van der Waals surface area (Å²) in [5.41, 5.74) is 0.709.